The summed E-state index contributed by atoms with van der Waals surface area (Å²) in [6.45, 7) is 4.18. The number of rotatable bonds is 4. The highest BCUT2D eigenvalue weighted by atomic mass is 19.1. The number of hydrogen-bond donors (Lipinski definition) is 0. The van der Waals surface area contributed by atoms with Crippen molar-refractivity contribution in [1.29, 1.82) is 0 Å². The molecule has 4 nitrogen and oxygen atoms in total. The Bertz CT molecular complexity index is 751. The van der Waals surface area contributed by atoms with Crippen molar-refractivity contribution < 1.29 is 9.18 Å². The van der Waals surface area contributed by atoms with Gasteiger partial charge in [-0.25, -0.2) is 4.39 Å². The van der Waals surface area contributed by atoms with E-state index in [1.165, 1.54) is 17.7 Å². The summed E-state index contributed by atoms with van der Waals surface area (Å²) in [5, 5.41) is 0. The summed E-state index contributed by atoms with van der Waals surface area (Å²) in [4.78, 5) is 21.7. The molecular formula is C21H24FN3O. The van der Waals surface area contributed by atoms with E-state index in [-0.39, 0.29) is 11.7 Å². The maximum atomic E-state index is 13.3. The molecule has 0 N–H and O–H groups in total. The minimum Gasteiger partial charge on any atom is -0.339 e. The van der Waals surface area contributed by atoms with E-state index in [0.717, 1.165) is 57.5 Å². The van der Waals surface area contributed by atoms with Crippen LogP contribution in [0.1, 0.15) is 30.4 Å². The number of pyridine rings is 1. The largest absolute Gasteiger partial charge is 0.339 e. The molecule has 1 saturated carbocycles. The zero-order valence-electron chi connectivity index (χ0n) is 14.9. The molecule has 2 aliphatic rings. The predicted molar refractivity (Wildman–Crippen MR) is 98.0 cm³/mol. The summed E-state index contributed by atoms with van der Waals surface area (Å²) in [6, 6.07) is 10.6. The van der Waals surface area contributed by atoms with Gasteiger partial charge in [0.15, 0.2) is 0 Å². The minimum atomic E-state index is -0.430. The first-order chi connectivity index (χ1) is 12.7. The second-order valence-corrected chi connectivity index (χ2v) is 7.37. The molecule has 1 amide bonds. The molecule has 0 atom stereocenters. The lowest BCUT2D eigenvalue weighted by molar-refractivity contribution is -0.142. The van der Waals surface area contributed by atoms with Gasteiger partial charge < -0.3 is 4.90 Å². The highest BCUT2D eigenvalue weighted by Crippen LogP contribution is 2.45. The van der Waals surface area contributed by atoms with Crippen LogP contribution in [0.2, 0.25) is 0 Å². The number of aromatic nitrogens is 1. The van der Waals surface area contributed by atoms with Crippen LogP contribution < -0.4 is 0 Å². The monoisotopic (exact) mass is 353 g/mol. The summed E-state index contributed by atoms with van der Waals surface area (Å²) in [6.07, 6.45) is 6.44. The van der Waals surface area contributed by atoms with E-state index >= 15 is 0 Å². The fourth-order valence-electron chi connectivity index (χ4n) is 4.08. The Balaban J connectivity index is 1.40. The first-order valence-electron chi connectivity index (χ1n) is 9.34. The molecule has 1 aromatic carbocycles. The van der Waals surface area contributed by atoms with Crippen molar-refractivity contribution in [1.82, 2.24) is 14.8 Å². The molecule has 0 unspecified atom stereocenters. The molecule has 0 radical (unpaired) electrons. The normalized spacial score (nSPS) is 19.8. The summed E-state index contributed by atoms with van der Waals surface area (Å²) < 4.78 is 13.3. The average Bonchev–Trinajstić information content (AvgIpc) is 2.64. The highest BCUT2D eigenvalue weighted by molar-refractivity contribution is 5.89. The summed E-state index contributed by atoms with van der Waals surface area (Å²) in [5.74, 6) is -0.0284. The van der Waals surface area contributed by atoms with E-state index in [9.17, 15) is 9.18 Å². The van der Waals surface area contributed by atoms with E-state index in [1.54, 1.807) is 12.1 Å². The number of piperazine rings is 1. The highest BCUT2D eigenvalue weighted by Gasteiger charge is 2.47. The van der Waals surface area contributed by atoms with Gasteiger partial charge in [0.2, 0.25) is 5.91 Å². The smallest absolute Gasteiger partial charge is 0.233 e. The zero-order chi connectivity index (χ0) is 18.0. The van der Waals surface area contributed by atoms with Crippen LogP contribution in [0.5, 0.6) is 0 Å². The van der Waals surface area contributed by atoms with Gasteiger partial charge in [0.05, 0.1) is 5.41 Å². The third kappa shape index (κ3) is 3.23. The molecule has 26 heavy (non-hydrogen) atoms. The first-order valence-corrected chi connectivity index (χ1v) is 9.34. The van der Waals surface area contributed by atoms with Crippen LogP contribution in [-0.4, -0.2) is 46.9 Å². The van der Waals surface area contributed by atoms with Crippen LogP contribution in [0.3, 0.4) is 0 Å². The molecule has 5 heteroatoms. The molecule has 1 aromatic heterocycles. The quantitative estimate of drug-likeness (QED) is 0.848. The predicted octanol–water partition coefficient (Wildman–Crippen LogP) is 2.99. The lowest BCUT2D eigenvalue weighted by Gasteiger charge is -2.46. The maximum Gasteiger partial charge on any atom is 0.233 e. The van der Waals surface area contributed by atoms with Crippen LogP contribution in [0.15, 0.2) is 48.8 Å². The van der Waals surface area contributed by atoms with Crippen molar-refractivity contribution >= 4 is 5.91 Å². The molecule has 4 rings (SSSR count). The van der Waals surface area contributed by atoms with Gasteiger partial charge >= 0.3 is 0 Å². The lowest BCUT2D eigenvalue weighted by atomic mass is 9.63. The second kappa shape index (κ2) is 7.16. The molecule has 0 bridgehead atoms. The fourth-order valence-corrected chi connectivity index (χ4v) is 4.08. The van der Waals surface area contributed by atoms with Gasteiger partial charge in [0.1, 0.15) is 5.82 Å². The van der Waals surface area contributed by atoms with Crippen LogP contribution in [-0.2, 0) is 16.8 Å². The minimum absolute atomic E-state index is 0.221. The summed E-state index contributed by atoms with van der Waals surface area (Å²) >= 11 is 0. The zero-order valence-corrected chi connectivity index (χ0v) is 14.9. The molecule has 1 aliphatic heterocycles. The van der Waals surface area contributed by atoms with E-state index in [0.29, 0.717) is 0 Å². The molecule has 2 aromatic rings. The Kier molecular flexibility index (Phi) is 4.72. The molecule has 2 fully saturated rings. The number of benzene rings is 1. The Morgan fingerprint density at radius 3 is 2.23 bits per heavy atom. The van der Waals surface area contributed by atoms with Crippen LogP contribution in [0, 0.1) is 5.82 Å². The third-order valence-corrected chi connectivity index (χ3v) is 5.83. The maximum absolute atomic E-state index is 13.3. The van der Waals surface area contributed by atoms with Crippen molar-refractivity contribution in [3.63, 3.8) is 0 Å². The van der Waals surface area contributed by atoms with Gasteiger partial charge in [0.25, 0.3) is 0 Å². The van der Waals surface area contributed by atoms with Gasteiger partial charge in [-0.3, -0.25) is 14.7 Å². The Hall–Kier alpha value is -2.27. The van der Waals surface area contributed by atoms with E-state index in [2.05, 4.69) is 9.88 Å². The lowest BCUT2D eigenvalue weighted by Crippen LogP contribution is -2.56. The van der Waals surface area contributed by atoms with E-state index in [1.807, 2.05) is 29.4 Å². The van der Waals surface area contributed by atoms with Crippen LogP contribution >= 0.6 is 0 Å². The van der Waals surface area contributed by atoms with Gasteiger partial charge in [-0.05, 0) is 48.2 Å². The number of carbonyl (C=O) groups excluding carboxylic acids is 1. The average molecular weight is 353 g/mol. The Morgan fingerprint density at radius 2 is 1.65 bits per heavy atom. The van der Waals surface area contributed by atoms with E-state index in [4.69, 9.17) is 0 Å². The third-order valence-electron chi connectivity index (χ3n) is 5.83. The molecule has 0 spiro atoms. The molecule has 1 saturated heterocycles. The van der Waals surface area contributed by atoms with Crippen molar-refractivity contribution in [2.75, 3.05) is 26.2 Å². The summed E-state index contributed by atoms with van der Waals surface area (Å²) in [5.41, 5.74) is 1.79. The number of hydrogen-bond acceptors (Lipinski definition) is 3. The van der Waals surface area contributed by atoms with Crippen molar-refractivity contribution in [3.05, 3.63) is 65.7 Å². The van der Waals surface area contributed by atoms with Crippen LogP contribution in [0.4, 0.5) is 4.39 Å². The molecule has 136 valence electrons. The number of carbonyl (C=O) groups is 1. The second-order valence-electron chi connectivity index (χ2n) is 7.37. The van der Waals surface area contributed by atoms with Crippen molar-refractivity contribution in [2.45, 2.75) is 31.2 Å². The van der Waals surface area contributed by atoms with Crippen LogP contribution in [0.25, 0.3) is 0 Å². The van der Waals surface area contributed by atoms with Crippen molar-refractivity contribution in [2.24, 2.45) is 0 Å². The number of nitrogens with zero attached hydrogens (tertiary/aromatic N) is 3. The topological polar surface area (TPSA) is 36.4 Å². The standard InChI is InChI=1S/C21H24FN3O/c22-19-4-2-18(3-5-19)21(8-1-9-21)20(26)25-14-12-24(13-15-25)16-17-6-10-23-11-7-17/h2-7,10-11H,1,8-9,12-16H2. The summed E-state index contributed by atoms with van der Waals surface area (Å²) in [7, 11) is 0. The fraction of sp³-hybridized carbons (Fsp3) is 0.429. The van der Waals surface area contributed by atoms with E-state index < -0.39 is 5.41 Å². The first kappa shape index (κ1) is 17.2. The number of amides is 1. The number of halogens is 1. The van der Waals surface area contributed by atoms with Gasteiger partial charge in [0, 0.05) is 45.1 Å². The SMILES string of the molecule is O=C(N1CCN(Cc2ccncc2)CC1)C1(c2ccc(F)cc2)CCC1. The molecule has 2 heterocycles. The van der Waals surface area contributed by atoms with Crippen molar-refractivity contribution in [3.8, 4) is 0 Å². The van der Waals surface area contributed by atoms with Gasteiger partial charge in [-0.15, -0.1) is 0 Å². The molecular weight excluding hydrogens is 329 g/mol. The van der Waals surface area contributed by atoms with Gasteiger partial charge in [-0.1, -0.05) is 18.6 Å². The Labute approximate surface area is 153 Å². The Morgan fingerprint density at radius 1 is 1.00 bits per heavy atom. The molecule has 1 aliphatic carbocycles. The van der Waals surface area contributed by atoms with Gasteiger partial charge in [-0.2, -0.15) is 0 Å².